The standard InChI is InChI=1S/C45H33N5/c1-43(2)30-16-8-9-19-34(30)49-36-21-11-20-35-37(36)45(48-25-27(24-47(35)48)26-13-6-5-7-14-26)38-40-29(23-33(43)41(38)49)28-15-10-17-31-39(28)50(40)42-32(44(31,3)4)18-12-22-46(42)45/h5-25H,1-4H3/q+2. The molecule has 5 nitrogen and oxygen atoms in total. The minimum Gasteiger partial charge on any atom is -0.308 e. The Morgan fingerprint density at radius 3 is 2.16 bits per heavy atom. The molecule has 0 aliphatic carbocycles. The average molecular weight is 644 g/mol. The van der Waals surface area contributed by atoms with Gasteiger partial charge in [0.25, 0.3) is 5.82 Å². The monoisotopic (exact) mass is 643 g/mol. The number of hydrogen-bond acceptors (Lipinski definition) is 1. The number of pyridine rings is 1. The SMILES string of the molecule is CC1(C)c2ccccc2N2c3cccc4c3C3(c5c2c1cc1c2cccc6c2n(c51)-c1c(ccc[n+]13)C6(C)C)[n+]1cc(-c2ccccc2)cn1-4. The van der Waals surface area contributed by atoms with Crippen LogP contribution in [0.1, 0.15) is 61.1 Å². The molecule has 5 aliphatic rings. The molecule has 236 valence electrons. The first kappa shape index (κ1) is 26.0. The fourth-order valence-corrected chi connectivity index (χ4v) is 10.9. The van der Waals surface area contributed by atoms with Crippen molar-refractivity contribution in [3.05, 3.63) is 161 Å². The van der Waals surface area contributed by atoms with Gasteiger partial charge in [-0.15, -0.1) is 4.68 Å². The van der Waals surface area contributed by atoms with Gasteiger partial charge in [-0.25, -0.2) is 0 Å². The van der Waals surface area contributed by atoms with Gasteiger partial charge in [-0.1, -0.05) is 99.1 Å². The molecule has 1 atom stereocenters. The number of para-hydroxylation sites is 2. The molecule has 0 saturated carbocycles. The molecule has 0 bridgehead atoms. The second-order valence-corrected chi connectivity index (χ2v) is 15.9. The Hall–Kier alpha value is -5.94. The third kappa shape index (κ3) is 2.42. The summed E-state index contributed by atoms with van der Waals surface area (Å²) < 4.78 is 10.3. The fraction of sp³-hybridized carbons (Fsp3) is 0.156. The van der Waals surface area contributed by atoms with E-state index in [0.717, 1.165) is 0 Å². The Morgan fingerprint density at radius 2 is 1.28 bits per heavy atom. The smallest absolute Gasteiger partial charge is 0.308 e. The molecule has 50 heavy (non-hydrogen) atoms. The highest BCUT2D eigenvalue weighted by Crippen LogP contribution is 2.64. The molecule has 0 radical (unpaired) electrons. The minimum atomic E-state index is -0.662. The van der Waals surface area contributed by atoms with E-state index in [9.17, 15) is 0 Å². The van der Waals surface area contributed by atoms with Crippen LogP contribution in [0.25, 0.3) is 44.4 Å². The quantitative estimate of drug-likeness (QED) is 0.164. The normalized spacial score (nSPS) is 19.6. The first-order valence-corrected chi connectivity index (χ1v) is 17.8. The topological polar surface area (TPSA) is 20.9 Å². The molecule has 1 spiro atoms. The van der Waals surface area contributed by atoms with Crippen LogP contribution in [0.2, 0.25) is 0 Å². The van der Waals surface area contributed by atoms with Gasteiger partial charge in [0.2, 0.25) is 6.20 Å². The number of rotatable bonds is 1. The number of anilines is 3. The molecular formula is C45H33N5+2. The van der Waals surface area contributed by atoms with Crippen molar-refractivity contribution < 1.29 is 9.25 Å². The lowest BCUT2D eigenvalue weighted by Crippen LogP contribution is -2.77. The number of fused-ring (bicyclic) bond motifs is 6. The summed E-state index contributed by atoms with van der Waals surface area (Å²) in [6.45, 7) is 9.68. The summed E-state index contributed by atoms with van der Waals surface area (Å²) in [6.07, 6.45) is 7.12. The second kappa shape index (κ2) is 7.76. The van der Waals surface area contributed by atoms with Crippen LogP contribution in [0.5, 0.6) is 0 Å². The van der Waals surface area contributed by atoms with Crippen LogP contribution in [0.15, 0.2) is 128 Å². The van der Waals surface area contributed by atoms with E-state index in [0.29, 0.717) is 0 Å². The van der Waals surface area contributed by atoms with Gasteiger partial charge in [0, 0.05) is 27.2 Å². The molecule has 0 fully saturated rings. The largest absolute Gasteiger partial charge is 0.394 e. The summed E-state index contributed by atoms with van der Waals surface area (Å²) in [7, 11) is 0. The van der Waals surface area contributed by atoms with Gasteiger partial charge >= 0.3 is 5.66 Å². The van der Waals surface area contributed by atoms with E-state index in [4.69, 9.17) is 0 Å². The number of nitrogens with zero attached hydrogens (tertiary/aromatic N) is 5. The van der Waals surface area contributed by atoms with Gasteiger partial charge in [0.1, 0.15) is 22.3 Å². The zero-order valence-electron chi connectivity index (χ0n) is 28.4. The van der Waals surface area contributed by atoms with Crippen molar-refractivity contribution >= 4 is 38.9 Å². The molecule has 1 unspecified atom stereocenters. The number of aromatic nitrogens is 4. The lowest BCUT2D eigenvalue weighted by molar-refractivity contribution is -0.993. The van der Waals surface area contributed by atoms with Crippen molar-refractivity contribution in [3.63, 3.8) is 0 Å². The van der Waals surface area contributed by atoms with E-state index < -0.39 is 5.66 Å². The Kier molecular flexibility index (Phi) is 4.04. The summed E-state index contributed by atoms with van der Waals surface area (Å²) in [4.78, 5) is 2.61. The van der Waals surface area contributed by atoms with E-state index in [1.54, 1.807) is 0 Å². The molecule has 5 aromatic carbocycles. The van der Waals surface area contributed by atoms with E-state index in [1.165, 1.54) is 94.9 Å². The maximum Gasteiger partial charge on any atom is 0.394 e. The van der Waals surface area contributed by atoms with Gasteiger partial charge in [-0.05, 0) is 59.2 Å². The summed E-state index contributed by atoms with van der Waals surface area (Å²) >= 11 is 0. The maximum atomic E-state index is 2.65. The lowest BCUT2D eigenvalue weighted by Gasteiger charge is -2.47. The molecule has 5 aliphatic heterocycles. The van der Waals surface area contributed by atoms with Crippen LogP contribution in [0.4, 0.5) is 17.1 Å². The molecule has 8 heterocycles. The molecule has 8 aromatic rings. The van der Waals surface area contributed by atoms with Gasteiger partial charge in [-0.2, -0.15) is 9.13 Å². The minimum absolute atomic E-state index is 0.186. The van der Waals surface area contributed by atoms with Crippen LogP contribution in [-0.4, -0.2) is 9.25 Å². The van der Waals surface area contributed by atoms with E-state index in [-0.39, 0.29) is 10.8 Å². The zero-order chi connectivity index (χ0) is 33.1. The Balaban J connectivity index is 1.35. The second-order valence-electron chi connectivity index (χ2n) is 15.9. The molecule has 0 saturated heterocycles. The van der Waals surface area contributed by atoms with Crippen molar-refractivity contribution in [2.45, 2.75) is 44.2 Å². The zero-order valence-corrected chi connectivity index (χ0v) is 28.4. The molecule has 5 heteroatoms. The highest BCUT2D eigenvalue weighted by atomic mass is 15.5. The fourth-order valence-electron chi connectivity index (χ4n) is 10.9. The molecule has 0 amide bonds. The predicted octanol–water partition coefficient (Wildman–Crippen LogP) is 8.80. The Bertz CT molecular complexity index is 2940. The summed E-state index contributed by atoms with van der Waals surface area (Å²) in [5, 5.41) is 2.68. The molecule has 0 N–H and O–H groups in total. The molecule has 3 aromatic heterocycles. The van der Waals surface area contributed by atoms with Crippen molar-refractivity contribution in [3.8, 4) is 22.6 Å². The number of hydrogen-bond donors (Lipinski definition) is 0. The number of benzene rings is 5. The highest BCUT2D eigenvalue weighted by molar-refractivity contribution is 6.16. The molecular weight excluding hydrogens is 611 g/mol. The summed E-state index contributed by atoms with van der Waals surface area (Å²) in [5.41, 5.74) is 17.3. The van der Waals surface area contributed by atoms with Gasteiger partial charge in [0.05, 0.1) is 40.6 Å². The third-order valence-corrected chi connectivity index (χ3v) is 13.0. The van der Waals surface area contributed by atoms with Gasteiger partial charge in [-0.3, -0.25) is 0 Å². The summed E-state index contributed by atoms with van der Waals surface area (Å²) in [6, 6.07) is 41.1. The average Bonchev–Trinajstić information content (AvgIpc) is 3.80. The van der Waals surface area contributed by atoms with Crippen LogP contribution in [0.3, 0.4) is 0 Å². The van der Waals surface area contributed by atoms with Crippen LogP contribution >= 0.6 is 0 Å². The van der Waals surface area contributed by atoms with E-state index in [1.807, 2.05) is 0 Å². The Morgan fingerprint density at radius 1 is 0.560 bits per heavy atom. The van der Waals surface area contributed by atoms with Crippen molar-refractivity contribution in [1.82, 2.24) is 9.25 Å². The van der Waals surface area contributed by atoms with Crippen LogP contribution in [-0.2, 0) is 16.5 Å². The summed E-state index contributed by atoms with van der Waals surface area (Å²) in [5.74, 6) is 1.27. The molecule has 13 rings (SSSR count). The van der Waals surface area contributed by atoms with Crippen LogP contribution < -0.4 is 14.1 Å². The maximum absolute atomic E-state index is 2.65. The van der Waals surface area contributed by atoms with Crippen molar-refractivity contribution in [2.24, 2.45) is 0 Å². The van der Waals surface area contributed by atoms with Crippen LogP contribution in [0, 0.1) is 0 Å². The van der Waals surface area contributed by atoms with Gasteiger partial charge < -0.3 is 4.90 Å². The highest BCUT2D eigenvalue weighted by Gasteiger charge is 2.71. The first-order valence-electron chi connectivity index (χ1n) is 17.8. The first-order chi connectivity index (χ1) is 24.3. The Labute approximate surface area is 289 Å². The van der Waals surface area contributed by atoms with E-state index >= 15 is 0 Å². The third-order valence-electron chi connectivity index (χ3n) is 13.0. The van der Waals surface area contributed by atoms with Crippen molar-refractivity contribution in [2.75, 3.05) is 4.90 Å². The van der Waals surface area contributed by atoms with Gasteiger partial charge in [0.15, 0.2) is 5.52 Å². The van der Waals surface area contributed by atoms with E-state index in [2.05, 4.69) is 179 Å². The van der Waals surface area contributed by atoms with Crippen molar-refractivity contribution in [1.29, 1.82) is 0 Å². The predicted molar refractivity (Wildman–Crippen MR) is 196 cm³/mol. The lowest BCUT2D eigenvalue weighted by atomic mass is 9.68.